The van der Waals surface area contributed by atoms with E-state index in [4.69, 9.17) is 16.3 Å². The molecule has 11 heteroatoms. The number of benzene rings is 1. The summed E-state index contributed by atoms with van der Waals surface area (Å²) in [7, 11) is 1.83. The minimum atomic E-state index is -0.717. The van der Waals surface area contributed by atoms with Gasteiger partial charge < -0.3 is 14.5 Å². The first-order valence-electron chi connectivity index (χ1n) is 9.59. The molecule has 0 N–H and O–H groups in total. The molecule has 31 heavy (non-hydrogen) atoms. The Labute approximate surface area is 194 Å². The molecule has 1 aliphatic rings. The standard InChI is InChI=1S/C20H24ClFN4O3S2/c1-20(2,3)29-19(28)26(18-10-30-11-23-18)31-17-7-14(21)16(8-15(17)22)24(4)13-5-6-25(9-13)12-27/h7-8,10-13H,5-6,9H2,1-4H3. The number of ether oxygens (including phenoxy) is 1. The molecule has 0 aliphatic carbocycles. The monoisotopic (exact) mass is 486 g/mol. The van der Waals surface area contributed by atoms with Crippen LogP contribution >= 0.6 is 34.9 Å². The smallest absolute Gasteiger partial charge is 0.426 e. The van der Waals surface area contributed by atoms with Gasteiger partial charge in [-0.1, -0.05) is 11.6 Å². The number of amides is 2. The van der Waals surface area contributed by atoms with E-state index >= 15 is 4.39 Å². The summed E-state index contributed by atoms with van der Waals surface area (Å²) in [5.74, 6) is -0.175. The molecule has 2 aromatic rings. The van der Waals surface area contributed by atoms with Crippen molar-refractivity contribution in [1.29, 1.82) is 0 Å². The molecule has 7 nitrogen and oxygen atoms in total. The van der Waals surface area contributed by atoms with Crippen LogP contribution in [-0.2, 0) is 9.53 Å². The largest absolute Gasteiger partial charge is 0.443 e. The molecule has 168 valence electrons. The molecule has 0 saturated carbocycles. The molecular formula is C20H24ClFN4O3S2. The van der Waals surface area contributed by atoms with Gasteiger partial charge in [-0.05, 0) is 39.3 Å². The minimum absolute atomic E-state index is 0.0499. The predicted molar refractivity (Wildman–Crippen MR) is 123 cm³/mol. The number of anilines is 2. The number of hydrogen-bond donors (Lipinski definition) is 0. The molecule has 0 bridgehead atoms. The highest BCUT2D eigenvalue weighted by atomic mass is 35.5. The molecule has 0 radical (unpaired) electrons. The summed E-state index contributed by atoms with van der Waals surface area (Å²) in [6.07, 6.45) is 0.944. The Hall–Kier alpha value is -2.04. The van der Waals surface area contributed by atoms with Crippen molar-refractivity contribution in [3.05, 3.63) is 33.9 Å². The van der Waals surface area contributed by atoms with Crippen molar-refractivity contribution < 1.29 is 18.7 Å². The fraction of sp³-hybridized carbons (Fsp3) is 0.450. The van der Waals surface area contributed by atoms with Gasteiger partial charge in [-0.2, -0.15) is 4.31 Å². The van der Waals surface area contributed by atoms with Gasteiger partial charge >= 0.3 is 6.09 Å². The average Bonchev–Trinajstić information content (AvgIpc) is 3.38. The highest BCUT2D eigenvalue weighted by Crippen LogP contribution is 2.38. The van der Waals surface area contributed by atoms with Crippen LogP contribution in [0.2, 0.25) is 5.02 Å². The van der Waals surface area contributed by atoms with Crippen LogP contribution in [0.3, 0.4) is 0 Å². The topological polar surface area (TPSA) is 66.0 Å². The van der Waals surface area contributed by atoms with Crippen molar-refractivity contribution in [3.63, 3.8) is 0 Å². The minimum Gasteiger partial charge on any atom is -0.443 e. The summed E-state index contributed by atoms with van der Waals surface area (Å²) in [6, 6.07) is 2.89. The van der Waals surface area contributed by atoms with Gasteiger partial charge in [-0.3, -0.25) is 4.79 Å². The summed E-state index contributed by atoms with van der Waals surface area (Å²) in [5, 5.41) is 2.02. The van der Waals surface area contributed by atoms with Crippen molar-refractivity contribution in [3.8, 4) is 0 Å². The second kappa shape index (κ2) is 9.62. The first-order valence-corrected chi connectivity index (χ1v) is 11.7. The van der Waals surface area contributed by atoms with E-state index < -0.39 is 17.5 Å². The Morgan fingerprint density at radius 2 is 2.19 bits per heavy atom. The molecule has 2 heterocycles. The highest BCUT2D eigenvalue weighted by molar-refractivity contribution is 8.01. The zero-order valence-electron chi connectivity index (χ0n) is 17.7. The quantitative estimate of drug-likeness (QED) is 0.420. The van der Waals surface area contributed by atoms with Gasteiger partial charge in [0.1, 0.15) is 11.4 Å². The number of hydrogen-bond acceptors (Lipinski definition) is 7. The Morgan fingerprint density at radius 1 is 1.45 bits per heavy atom. The Balaban J connectivity index is 1.84. The lowest BCUT2D eigenvalue weighted by Gasteiger charge is -2.28. The molecule has 1 fully saturated rings. The van der Waals surface area contributed by atoms with E-state index in [0.717, 1.165) is 24.8 Å². The van der Waals surface area contributed by atoms with E-state index in [-0.39, 0.29) is 10.9 Å². The highest BCUT2D eigenvalue weighted by Gasteiger charge is 2.29. The summed E-state index contributed by atoms with van der Waals surface area (Å²) >= 11 is 8.66. The fourth-order valence-corrected chi connectivity index (χ4v) is 4.89. The third kappa shape index (κ3) is 5.81. The van der Waals surface area contributed by atoms with E-state index in [1.165, 1.54) is 27.8 Å². The van der Waals surface area contributed by atoms with Crippen LogP contribution < -0.4 is 9.21 Å². The van der Waals surface area contributed by atoms with Crippen LogP contribution in [0.15, 0.2) is 27.9 Å². The molecule has 1 atom stereocenters. The fourth-order valence-electron chi connectivity index (χ4n) is 3.12. The molecule has 0 spiro atoms. The Morgan fingerprint density at radius 3 is 2.77 bits per heavy atom. The molecule has 3 rings (SSSR count). The van der Waals surface area contributed by atoms with Crippen LogP contribution in [0.4, 0.5) is 20.7 Å². The van der Waals surface area contributed by atoms with Gasteiger partial charge in [0.2, 0.25) is 6.41 Å². The van der Waals surface area contributed by atoms with Crippen LogP contribution in [0, 0.1) is 5.82 Å². The molecular weight excluding hydrogens is 463 g/mol. The number of aromatic nitrogens is 1. The number of nitrogens with zero attached hydrogens (tertiary/aromatic N) is 4. The molecule has 1 aromatic carbocycles. The van der Waals surface area contributed by atoms with Gasteiger partial charge in [-0.25, -0.2) is 14.2 Å². The van der Waals surface area contributed by atoms with Gasteiger partial charge in [-0.15, -0.1) is 11.3 Å². The van der Waals surface area contributed by atoms with Crippen LogP contribution in [0.1, 0.15) is 27.2 Å². The normalized spacial score (nSPS) is 16.3. The zero-order valence-corrected chi connectivity index (χ0v) is 20.1. The van der Waals surface area contributed by atoms with E-state index in [1.54, 1.807) is 36.6 Å². The lowest BCUT2D eigenvalue weighted by molar-refractivity contribution is -0.117. The summed E-state index contributed by atoms with van der Waals surface area (Å²) in [6.45, 7) is 6.48. The van der Waals surface area contributed by atoms with Crippen LogP contribution in [0.5, 0.6) is 0 Å². The first kappa shape index (κ1) is 23.6. The maximum atomic E-state index is 15.1. The SMILES string of the molecule is CN(c1cc(F)c(SN(C(=O)OC(C)(C)C)c2cscn2)cc1Cl)C1CCN(C=O)C1. The second-order valence-electron chi connectivity index (χ2n) is 8.10. The lowest BCUT2D eigenvalue weighted by Crippen LogP contribution is -2.34. The first-order chi connectivity index (χ1) is 14.6. The van der Waals surface area contributed by atoms with Gasteiger partial charge in [0.05, 0.1) is 21.1 Å². The number of likely N-dealkylation sites (tertiary alicyclic amines) is 1. The number of carbonyl (C=O) groups excluding carboxylic acids is 2. The summed E-state index contributed by atoms with van der Waals surface area (Å²) in [5.41, 5.74) is 1.39. The summed E-state index contributed by atoms with van der Waals surface area (Å²) in [4.78, 5) is 31.6. The Kier molecular flexibility index (Phi) is 7.33. The van der Waals surface area contributed by atoms with Crippen molar-refractivity contribution in [2.24, 2.45) is 0 Å². The van der Waals surface area contributed by atoms with Gasteiger partial charge in [0.15, 0.2) is 5.82 Å². The van der Waals surface area contributed by atoms with Crippen LogP contribution in [0.25, 0.3) is 0 Å². The number of carbonyl (C=O) groups is 2. The predicted octanol–water partition coefficient (Wildman–Crippen LogP) is 5.05. The maximum absolute atomic E-state index is 15.1. The van der Waals surface area contributed by atoms with Crippen molar-refractivity contribution in [2.75, 3.05) is 29.3 Å². The van der Waals surface area contributed by atoms with E-state index in [2.05, 4.69) is 4.98 Å². The van der Waals surface area contributed by atoms with Gasteiger partial charge in [0.25, 0.3) is 0 Å². The van der Waals surface area contributed by atoms with Crippen molar-refractivity contribution in [2.45, 2.75) is 43.7 Å². The zero-order chi connectivity index (χ0) is 22.8. The second-order valence-corrected chi connectivity index (χ2v) is 10.2. The van der Waals surface area contributed by atoms with E-state index in [1.807, 2.05) is 11.9 Å². The van der Waals surface area contributed by atoms with Crippen molar-refractivity contribution >= 4 is 58.9 Å². The van der Waals surface area contributed by atoms with Crippen molar-refractivity contribution in [1.82, 2.24) is 9.88 Å². The average molecular weight is 487 g/mol. The third-order valence-electron chi connectivity index (χ3n) is 4.65. The summed E-state index contributed by atoms with van der Waals surface area (Å²) < 4.78 is 21.7. The van der Waals surface area contributed by atoms with E-state index in [0.29, 0.717) is 29.6 Å². The molecule has 1 aromatic heterocycles. The molecule has 2 amide bonds. The maximum Gasteiger partial charge on any atom is 0.426 e. The Bertz CT molecular complexity index is 939. The third-order valence-corrected chi connectivity index (χ3v) is 6.55. The number of rotatable bonds is 6. The molecule has 1 saturated heterocycles. The number of thiazole rings is 1. The van der Waals surface area contributed by atoms with Gasteiger partial charge in [0, 0.05) is 43.5 Å². The number of halogens is 2. The molecule has 1 unspecified atom stereocenters. The van der Waals surface area contributed by atoms with Crippen LogP contribution in [-0.4, -0.2) is 54.2 Å². The number of likely N-dealkylation sites (N-methyl/N-ethyl adjacent to an activating group) is 1. The van der Waals surface area contributed by atoms with E-state index in [9.17, 15) is 9.59 Å². The lowest BCUT2D eigenvalue weighted by atomic mass is 10.2. The molecule has 1 aliphatic heterocycles.